The molecule has 0 atom stereocenters. The number of carbonyl (C=O) groups excluding carboxylic acids is 1. The Bertz CT molecular complexity index is 641. The number of nitrogens with one attached hydrogen (secondary N) is 1. The third kappa shape index (κ3) is 4.04. The third-order valence-corrected chi connectivity index (χ3v) is 4.67. The molecule has 0 saturated carbocycles. The van der Waals surface area contributed by atoms with Gasteiger partial charge < -0.3 is 4.90 Å². The lowest BCUT2D eigenvalue weighted by molar-refractivity contribution is -0.128. The van der Waals surface area contributed by atoms with Crippen molar-refractivity contribution in [3.8, 4) is 0 Å². The molecule has 1 aliphatic rings. The summed E-state index contributed by atoms with van der Waals surface area (Å²) in [6, 6.07) is 6.59. The first-order valence-electron chi connectivity index (χ1n) is 6.78. The highest BCUT2D eigenvalue weighted by Gasteiger charge is 2.18. The molecule has 1 aromatic carbocycles. The monoisotopic (exact) mass is 309 g/mol. The molecule has 1 amide bonds. The predicted molar refractivity (Wildman–Crippen MR) is 80.4 cm³/mol. The maximum Gasteiger partial charge on any atom is 0.276 e. The fourth-order valence-electron chi connectivity index (χ4n) is 2.09. The molecule has 0 radical (unpaired) electrons. The molecule has 114 valence electrons. The van der Waals surface area contributed by atoms with Crippen LogP contribution in [0.25, 0.3) is 0 Å². The van der Waals surface area contributed by atoms with Crippen LogP contribution in [0.15, 0.2) is 34.3 Å². The van der Waals surface area contributed by atoms with E-state index in [-0.39, 0.29) is 10.8 Å². The van der Waals surface area contributed by atoms with Crippen molar-refractivity contribution in [2.45, 2.75) is 31.6 Å². The van der Waals surface area contributed by atoms with Crippen LogP contribution in [0.5, 0.6) is 0 Å². The summed E-state index contributed by atoms with van der Waals surface area (Å²) in [4.78, 5) is 15.4. The standard InChI is InChI=1S/C14H19N3O3S/c1-11-3-5-14(6-4-11)21(19,20)16-15-13-7-9-17(10-8-13)12(2)18/h3-6,16H,7-10H2,1-2H3. The SMILES string of the molecule is CC(=O)N1CCC(=NNS(=O)(=O)c2ccc(C)cc2)CC1. The van der Waals surface area contributed by atoms with Gasteiger partial charge in [-0.1, -0.05) is 17.7 Å². The van der Waals surface area contributed by atoms with Gasteiger partial charge in [0, 0.05) is 38.6 Å². The summed E-state index contributed by atoms with van der Waals surface area (Å²) in [6.45, 7) is 4.59. The Labute approximate surface area is 124 Å². The quantitative estimate of drug-likeness (QED) is 0.854. The van der Waals surface area contributed by atoms with E-state index < -0.39 is 10.0 Å². The van der Waals surface area contributed by atoms with Gasteiger partial charge in [0.25, 0.3) is 10.0 Å². The molecule has 1 fully saturated rings. The molecule has 0 unspecified atom stereocenters. The number of hydrazone groups is 1. The largest absolute Gasteiger partial charge is 0.342 e. The number of nitrogens with zero attached hydrogens (tertiary/aromatic N) is 2. The Hall–Kier alpha value is -1.89. The van der Waals surface area contributed by atoms with E-state index in [2.05, 4.69) is 9.93 Å². The summed E-state index contributed by atoms with van der Waals surface area (Å²) in [5.74, 6) is 0.0364. The summed E-state index contributed by atoms with van der Waals surface area (Å²) < 4.78 is 24.2. The fraction of sp³-hybridized carbons (Fsp3) is 0.429. The van der Waals surface area contributed by atoms with E-state index in [1.165, 1.54) is 6.92 Å². The molecule has 1 aliphatic heterocycles. The van der Waals surface area contributed by atoms with Crippen molar-refractivity contribution >= 4 is 21.6 Å². The molecule has 1 saturated heterocycles. The lowest BCUT2D eigenvalue weighted by Gasteiger charge is -2.26. The highest BCUT2D eigenvalue weighted by molar-refractivity contribution is 7.89. The number of amides is 1. The minimum Gasteiger partial charge on any atom is -0.342 e. The molecule has 0 aliphatic carbocycles. The van der Waals surface area contributed by atoms with Crippen LogP contribution in [-0.4, -0.2) is 38.0 Å². The molecule has 6 nitrogen and oxygen atoms in total. The summed E-state index contributed by atoms with van der Waals surface area (Å²) in [5.41, 5.74) is 1.76. The van der Waals surface area contributed by atoms with Crippen LogP contribution in [0, 0.1) is 6.92 Å². The first kappa shape index (κ1) is 15.5. The molecule has 2 rings (SSSR count). The average molecular weight is 309 g/mol. The average Bonchev–Trinajstić information content (AvgIpc) is 2.46. The van der Waals surface area contributed by atoms with Gasteiger partial charge in [0.15, 0.2) is 0 Å². The zero-order chi connectivity index (χ0) is 15.5. The molecule has 7 heteroatoms. The van der Waals surface area contributed by atoms with E-state index in [1.54, 1.807) is 29.2 Å². The van der Waals surface area contributed by atoms with E-state index in [0.717, 1.165) is 11.3 Å². The van der Waals surface area contributed by atoms with Crippen molar-refractivity contribution in [3.63, 3.8) is 0 Å². The van der Waals surface area contributed by atoms with Gasteiger partial charge in [-0.3, -0.25) is 4.79 Å². The number of hydrogen-bond donors (Lipinski definition) is 1. The van der Waals surface area contributed by atoms with Gasteiger partial charge in [-0.2, -0.15) is 13.5 Å². The Morgan fingerprint density at radius 1 is 1.19 bits per heavy atom. The predicted octanol–water partition coefficient (Wildman–Crippen LogP) is 1.27. The van der Waals surface area contributed by atoms with E-state index in [4.69, 9.17) is 0 Å². The molecule has 0 bridgehead atoms. The first-order valence-corrected chi connectivity index (χ1v) is 8.26. The number of piperidine rings is 1. The maximum atomic E-state index is 12.1. The second-order valence-corrected chi connectivity index (χ2v) is 6.75. The van der Waals surface area contributed by atoms with Crippen LogP contribution < -0.4 is 4.83 Å². The summed E-state index contributed by atoms with van der Waals surface area (Å²) >= 11 is 0. The molecule has 1 N–H and O–H groups in total. The first-order chi connectivity index (χ1) is 9.88. The number of benzene rings is 1. The van der Waals surface area contributed by atoms with Crippen molar-refractivity contribution in [2.75, 3.05) is 13.1 Å². The second-order valence-electron chi connectivity index (χ2n) is 5.09. The molecular weight excluding hydrogens is 290 g/mol. The molecular formula is C14H19N3O3S. The minimum atomic E-state index is -3.62. The van der Waals surface area contributed by atoms with Crippen LogP contribution in [0.2, 0.25) is 0 Å². The summed E-state index contributed by atoms with van der Waals surface area (Å²) in [5, 5.41) is 3.99. The zero-order valence-corrected chi connectivity index (χ0v) is 13.0. The van der Waals surface area contributed by atoms with E-state index in [9.17, 15) is 13.2 Å². The van der Waals surface area contributed by atoms with E-state index in [1.807, 2.05) is 6.92 Å². The second kappa shape index (κ2) is 6.26. The van der Waals surface area contributed by atoms with Crippen LogP contribution >= 0.6 is 0 Å². The van der Waals surface area contributed by atoms with Gasteiger partial charge in [0.1, 0.15) is 0 Å². The van der Waals surface area contributed by atoms with Crippen LogP contribution in [-0.2, 0) is 14.8 Å². The molecule has 0 spiro atoms. The Morgan fingerprint density at radius 3 is 2.29 bits per heavy atom. The highest BCUT2D eigenvalue weighted by Crippen LogP contribution is 2.11. The lowest BCUT2D eigenvalue weighted by Crippen LogP contribution is -2.37. The van der Waals surface area contributed by atoms with Gasteiger partial charge in [-0.25, -0.2) is 4.83 Å². The highest BCUT2D eigenvalue weighted by atomic mass is 32.2. The van der Waals surface area contributed by atoms with E-state index >= 15 is 0 Å². The maximum absolute atomic E-state index is 12.1. The van der Waals surface area contributed by atoms with Crippen molar-refractivity contribution in [1.82, 2.24) is 9.73 Å². The number of carbonyl (C=O) groups is 1. The van der Waals surface area contributed by atoms with Crippen LogP contribution in [0.1, 0.15) is 25.3 Å². The fourth-order valence-corrected chi connectivity index (χ4v) is 2.94. The zero-order valence-electron chi connectivity index (χ0n) is 12.2. The molecule has 1 aromatic rings. The van der Waals surface area contributed by atoms with E-state index in [0.29, 0.717) is 25.9 Å². The molecule has 21 heavy (non-hydrogen) atoms. The number of likely N-dealkylation sites (tertiary alicyclic amines) is 1. The van der Waals surface area contributed by atoms with Gasteiger partial charge in [0.2, 0.25) is 5.91 Å². The van der Waals surface area contributed by atoms with Gasteiger partial charge in [0.05, 0.1) is 4.90 Å². The number of sulfonamides is 1. The molecule has 1 heterocycles. The van der Waals surface area contributed by atoms with Crippen molar-refractivity contribution in [3.05, 3.63) is 29.8 Å². The number of rotatable bonds is 3. The number of aryl methyl sites for hydroxylation is 1. The van der Waals surface area contributed by atoms with Gasteiger partial charge in [-0.05, 0) is 19.1 Å². The lowest BCUT2D eigenvalue weighted by atomic mass is 10.1. The Balaban J connectivity index is 2.00. The van der Waals surface area contributed by atoms with Crippen molar-refractivity contribution in [1.29, 1.82) is 0 Å². The van der Waals surface area contributed by atoms with Crippen LogP contribution in [0.3, 0.4) is 0 Å². The Kier molecular flexibility index (Phi) is 4.62. The number of hydrogen-bond acceptors (Lipinski definition) is 4. The Morgan fingerprint density at radius 2 is 1.76 bits per heavy atom. The third-order valence-electron chi connectivity index (χ3n) is 3.44. The topological polar surface area (TPSA) is 78.8 Å². The summed E-state index contributed by atoms with van der Waals surface area (Å²) in [7, 11) is -3.62. The van der Waals surface area contributed by atoms with Crippen molar-refractivity contribution in [2.24, 2.45) is 5.10 Å². The van der Waals surface area contributed by atoms with Crippen LogP contribution in [0.4, 0.5) is 0 Å². The smallest absolute Gasteiger partial charge is 0.276 e. The van der Waals surface area contributed by atoms with Gasteiger partial charge in [-0.15, -0.1) is 0 Å². The summed E-state index contributed by atoms with van der Waals surface area (Å²) in [6.07, 6.45) is 1.19. The minimum absolute atomic E-state index is 0.0364. The van der Waals surface area contributed by atoms with Crippen molar-refractivity contribution < 1.29 is 13.2 Å². The van der Waals surface area contributed by atoms with Gasteiger partial charge >= 0.3 is 0 Å². The normalized spacial score (nSPS) is 15.7. The molecule has 0 aromatic heterocycles.